The fraction of sp³-hybridized carbons (Fsp3) is 0. The van der Waals surface area contributed by atoms with E-state index < -0.39 is 9.29 Å². The summed E-state index contributed by atoms with van der Waals surface area (Å²) in [5.74, 6) is 0. The van der Waals surface area contributed by atoms with Gasteiger partial charge in [-0.15, -0.1) is 0 Å². The van der Waals surface area contributed by atoms with Crippen molar-refractivity contribution in [2.24, 2.45) is 0 Å². The van der Waals surface area contributed by atoms with Gasteiger partial charge in [0.2, 0.25) is 0 Å². The Morgan fingerprint density at radius 1 is 1.20 bits per heavy atom. The average Bonchev–Trinajstić information content (AvgIpc) is 1.46. The van der Waals surface area contributed by atoms with Crippen LogP contribution in [0.1, 0.15) is 0 Å². The Morgan fingerprint density at radius 3 is 1.20 bits per heavy atom. The first-order valence-electron chi connectivity index (χ1n) is 0.612. The van der Waals surface area contributed by atoms with Crippen LogP contribution in [0.2, 0.25) is 0 Å². The van der Waals surface area contributed by atoms with Gasteiger partial charge in [0.1, 0.15) is 0 Å². The summed E-state index contributed by atoms with van der Waals surface area (Å²) in [4.78, 5) is 0. The summed E-state index contributed by atoms with van der Waals surface area (Å²) in [5, 5.41) is 0. The van der Waals surface area contributed by atoms with Gasteiger partial charge in [0.15, 0.2) is 0 Å². The van der Waals surface area contributed by atoms with E-state index >= 15 is 0 Å². The molecular formula is O3PbSi. The second kappa shape index (κ2) is 24.0. The molecule has 0 spiro atoms. The van der Waals surface area contributed by atoms with E-state index in [2.05, 4.69) is 0 Å². The first-order valence-corrected chi connectivity index (χ1v) is 3.02. The van der Waals surface area contributed by atoms with Crippen molar-refractivity contribution < 1.29 is 11.6 Å². The van der Waals surface area contributed by atoms with Gasteiger partial charge in [-0.2, -0.15) is 0 Å². The molecule has 0 saturated carbocycles. The average molecular weight is 283 g/mol. The molecule has 26 valence electrons. The Hall–Kier alpha value is 0.539. The van der Waals surface area contributed by atoms with Gasteiger partial charge >= 0.3 is 37.8 Å². The third kappa shape index (κ3) is 101. The third-order valence-electron chi connectivity index (χ3n) is 0. The minimum absolute atomic E-state index is 0.0556. The van der Waals surface area contributed by atoms with E-state index in [0.29, 0.717) is 0 Å². The minimum atomic E-state index is -1.42. The van der Waals surface area contributed by atoms with E-state index in [0.717, 1.165) is 0 Å². The molecule has 0 heterocycles. The molecule has 5 heavy (non-hydrogen) atoms. The second-order valence-electron chi connectivity index (χ2n) is 0.0833. The van der Waals surface area contributed by atoms with Gasteiger partial charge in [0.05, 0.1) is 0 Å². The van der Waals surface area contributed by atoms with Gasteiger partial charge in [0.25, 0.3) is 0 Å². The molecule has 0 rings (SSSR count). The molecule has 0 fully saturated rings. The zero-order valence-corrected chi connectivity index (χ0v) is 7.11. The molecular weight excluding hydrogens is 283 g/mol. The summed E-state index contributed by atoms with van der Waals surface area (Å²) >= 11 is 0.0556. The van der Waals surface area contributed by atoms with Gasteiger partial charge in [-0.25, -0.2) is 0 Å². The van der Waals surface area contributed by atoms with Crippen LogP contribution in [0.4, 0.5) is 0 Å². The van der Waals surface area contributed by atoms with E-state index in [4.69, 9.17) is 11.6 Å². The molecule has 0 atom stereocenters. The van der Waals surface area contributed by atoms with Crippen molar-refractivity contribution >= 4 is 35.1 Å². The summed E-state index contributed by atoms with van der Waals surface area (Å²) in [7, 11) is -1.42. The zero-order valence-electron chi connectivity index (χ0n) is 2.22. The quantitative estimate of drug-likeness (QED) is 0.529. The predicted molar refractivity (Wildman–Crippen MR) is 13.6 cm³/mol. The molecule has 0 aliphatic carbocycles. The molecule has 2 radical (unpaired) electrons. The molecule has 0 aromatic rings. The molecule has 0 bridgehead atoms. The molecule has 0 unspecified atom stereocenters. The van der Waals surface area contributed by atoms with E-state index in [1.807, 2.05) is 0 Å². The van der Waals surface area contributed by atoms with Crippen molar-refractivity contribution in [3.8, 4) is 0 Å². The molecule has 5 heteroatoms. The van der Waals surface area contributed by atoms with Gasteiger partial charge in [-0.1, -0.05) is 0 Å². The Balaban J connectivity index is 0. The first kappa shape index (κ1) is 9.11. The number of hydrogen-bond acceptors (Lipinski definition) is 3. The van der Waals surface area contributed by atoms with Gasteiger partial charge in [0, 0.05) is 0 Å². The Kier molecular flexibility index (Phi) is 43.7. The maximum absolute atomic E-state index is 8.40. The molecule has 0 amide bonds. The number of rotatable bonds is 0. The zero-order chi connectivity index (χ0) is 4.71. The van der Waals surface area contributed by atoms with Crippen LogP contribution in [-0.4, -0.2) is 35.1 Å². The Labute approximate surface area is 46.9 Å². The third-order valence-corrected chi connectivity index (χ3v) is 0. The summed E-state index contributed by atoms with van der Waals surface area (Å²) in [6.07, 6.45) is 0. The first-order chi connectivity index (χ1) is 2.41. The van der Waals surface area contributed by atoms with E-state index in [1.165, 1.54) is 0 Å². The van der Waals surface area contributed by atoms with Crippen molar-refractivity contribution in [1.82, 2.24) is 0 Å². The summed E-state index contributed by atoms with van der Waals surface area (Å²) in [5.41, 5.74) is 0. The summed E-state index contributed by atoms with van der Waals surface area (Å²) in [6, 6.07) is 0. The van der Waals surface area contributed by atoms with Crippen molar-refractivity contribution in [1.29, 1.82) is 0 Å². The van der Waals surface area contributed by atoms with Crippen LogP contribution >= 0.6 is 0 Å². The molecule has 0 aliphatic heterocycles. The molecule has 0 aromatic heterocycles. The van der Waals surface area contributed by atoms with Crippen LogP contribution in [0.15, 0.2) is 0 Å². The molecule has 0 aliphatic rings. The normalized spacial score (nSPS) is 2.40. The van der Waals surface area contributed by atoms with Crippen molar-refractivity contribution in [2.75, 3.05) is 0 Å². The number of hydrogen-bond donors (Lipinski definition) is 0. The van der Waals surface area contributed by atoms with Crippen LogP contribution < -0.4 is 0 Å². The maximum atomic E-state index is 8.40. The van der Waals surface area contributed by atoms with E-state index in [-0.39, 0.29) is 25.8 Å². The van der Waals surface area contributed by atoms with Gasteiger partial charge < -0.3 is 0 Å². The fourth-order valence-corrected chi connectivity index (χ4v) is 0. The molecule has 0 aromatic carbocycles. The van der Waals surface area contributed by atoms with Crippen molar-refractivity contribution in [3.05, 3.63) is 0 Å². The van der Waals surface area contributed by atoms with Crippen LogP contribution in [0, 0.1) is 0 Å². The summed E-state index contributed by atoms with van der Waals surface area (Å²) < 4.78 is 25.2. The topological polar surface area (TPSA) is 51.2 Å². The SMILES string of the molecule is O=[Si]=O.[O]=[Pb]. The van der Waals surface area contributed by atoms with E-state index in [9.17, 15) is 0 Å². The van der Waals surface area contributed by atoms with Gasteiger partial charge in [-0.05, 0) is 0 Å². The fourth-order valence-electron chi connectivity index (χ4n) is 0. The van der Waals surface area contributed by atoms with Crippen molar-refractivity contribution in [3.63, 3.8) is 0 Å². The molecule has 3 nitrogen and oxygen atoms in total. The van der Waals surface area contributed by atoms with Crippen LogP contribution in [0.5, 0.6) is 0 Å². The van der Waals surface area contributed by atoms with Crippen LogP contribution in [0.25, 0.3) is 0 Å². The second-order valence-corrected chi connectivity index (χ2v) is 0.250. The standard InChI is InChI=1S/O2Si.O.Pb/c1-3-2;;. The molecule has 0 saturated heterocycles. The Morgan fingerprint density at radius 2 is 1.20 bits per heavy atom. The van der Waals surface area contributed by atoms with Gasteiger partial charge in [-0.3, -0.25) is 8.92 Å². The monoisotopic (exact) mass is 284 g/mol. The van der Waals surface area contributed by atoms with Crippen LogP contribution in [-0.2, 0) is 11.6 Å². The van der Waals surface area contributed by atoms with Crippen LogP contribution in [0.3, 0.4) is 0 Å². The molecule has 0 N–H and O–H groups in total. The van der Waals surface area contributed by atoms with Crippen molar-refractivity contribution in [2.45, 2.75) is 0 Å². The van der Waals surface area contributed by atoms with E-state index in [1.54, 1.807) is 0 Å². The summed E-state index contributed by atoms with van der Waals surface area (Å²) in [6.45, 7) is 0. The predicted octanol–water partition coefficient (Wildman–Crippen LogP) is -1.12. The Bertz CT molecular complexity index is 36.2.